The molecule has 4 rings (SSSR count). The fourth-order valence-electron chi connectivity index (χ4n) is 4.52. The first kappa shape index (κ1) is 20.5. The third kappa shape index (κ3) is 4.20. The Morgan fingerprint density at radius 2 is 1.60 bits per heavy atom. The van der Waals surface area contributed by atoms with E-state index in [4.69, 9.17) is 4.74 Å². The van der Waals surface area contributed by atoms with Gasteiger partial charge >= 0.3 is 6.09 Å². The Kier molecular flexibility index (Phi) is 5.54. The van der Waals surface area contributed by atoms with Crippen molar-refractivity contribution in [3.05, 3.63) is 71.3 Å². The molecule has 2 aromatic rings. The molecule has 2 heterocycles. The summed E-state index contributed by atoms with van der Waals surface area (Å²) in [6, 6.07) is 17.6. The molecular weight excluding hydrogens is 376 g/mol. The van der Waals surface area contributed by atoms with E-state index in [9.17, 15) is 9.59 Å². The van der Waals surface area contributed by atoms with Crippen molar-refractivity contribution in [2.75, 3.05) is 6.54 Å². The summed E-state index contributed by atoms with van der Waals surface area (Å²) in [5.41, 5.74) is 2.93. The van der Waals surface area contributed by atoms with Crippen molar-refractivity contribution in [1.82, 2.24) is 9.80 Å². The van der Waals surface area contributed by atoms with E-state index >= 15 is 0 Å². The smallest absolute Gasteiger partial charge is 0.411 e. The molecule has 0 N–H and O–H groups in total. The monoisotopic (exact) mass is 406 g/mol. The number of hydrogen-bond acceptors (Lipinski definition) is 3. The number of hydrogen-bond donors (Lipinski definition) is 0. The molecular formula is C25H30N2O3. The third-order valence-electron chi connectivity index (χ3n) is 5.90. The quantitative estimate of drug-likeness (QED) is 0.726. The standard InChI is InChI=1S/C25H30N2O3/c1-25(2,3)30-24(29)27-21(19-10-5-4-6-11-19)13-14-22(27)23(28)26-16-15-18-9-7-8-12-20(18)17-26/h4-12,21-22H,13-17H2,1-3H3/t21-,22+/m0/s1. The largest absolute Gasteiger partial charge is 0.444 e. The Morgan fingerprint density at radius 3 is 2.30 bits per heavy atom. The molecule has 0 bridgehead atoms. The first-order valence-corrected chi connectivity index (χ1v) is 10.8. The van der Waals surface area contributed by atoms with Gasteiger partial charge in [0.15, 0.2) is 0 Å². The van der Waals surface area contributed by atoms with Crippen LogP contribution in [0.1, 0.15) is 56.3 Å². The Morgan fingerprint density at radius 1 is 0.933 bits per heavy atom. The van der Waals surface area contributed by atoms with E-state index in [1.807, 2.05) is 68.1 Å². The number of amides is 2. The first-order chi connectivity index (χ1) is 14.3. The Balaban J connectivity index is 1.59. The summed E-state index contributed by atoms with van der Waals surface area (Å²) >= 11 is 0. The molecule has 0 unspecified atom stereocenters. The van der Waals surface area contributed by atoms with Crippen molar-refractivity contribution < 1.29 is 14.3 Å². The Bertz CT molecular complexity index is 919. The second-order valence-electron chi connectivity index (χ2n) is 9.19. The highest BCUT2D eigenvalue weighted by molar-refractivity contribution is 5.87. The van der Waals surface area contributed by atoms with Gasteiger partial charge in [0.2, 0.25) is 5.91 Å². The molecule has 0 aromatic heterocycles. The minimum Gasteiger partial charge on any atom is -0.444 e. The lowest BCUT2D eigenvalue weighted by Crippen LogP contribution is -2.50. The predicted molar refractivity (Wildman–Crippen MR) is 116 cm³/mol. The van der Waals surface area contributed by atoms with Gasteiger partial charge in [0.1, 0.15) is 11.6 Å². The number of carbonyl (C=O) groups excluding carboxylic acids is 2. The summed E-state index contributed by atoms with van der Waals surface area (Å²) in [5.74, 6) is 0.0220. The molecule has 2 aliphatic rings. The van der Waals surface area contributed by atoms with Gasteiger partial charge < -0.3 is 9.64 Å². The molecule has 2 atom stereocenters. The summed E-state index contributed by atoms with van der Waals surface area (Å²) in [7, 11) is 0. The van der Waals surface area contributed by atoms with Crippen LogP contribution >= 0.6 is 0 Å². The van der Waals surface area contributed by atoms with Crippen molar-refractivity contribution >= 4 is 12.0 Å². The van der Waals surface area contributed by atoms with Crippen molar-refractivity contribution in [2.24, 2.45) is 0 Å². The van der Waals surface area contributed by atoms with E-state index in [2.05, 4.69) is 12.1 Å². The molecule has 0 radical (unpaired) electrons. The summed E-state index contributed by atoms with van der Waals surface area (Å²) in [4.78, 5) is 30.3. The number of benzene rings is 2. The molecule has 1 fully saturated rings. The lowest BCUT2D eigenvalue weighted by atomic mass is 9.99. The van der Waals surface area contributed by atoms with Crippen LogP contribution in [0.3, 0.4) is 0 Å². The molecule has 1 saturated heterocycles. The molecule has 0 aliphatic carbocycles. The number of ether oxygens (including phenoxy) is 1. The summed E-state index contributed by atoms with van der Waals surface area (Å²) in [5, 5.41) is 0. The third-order valence-corrected chi connectivity index (χ3v) is 5.90. The van der Waals surface area contributed by atoms with E-state index in [1.165, 1.54) is 11.1 Å². The van der Waals surface area contributed by atoms with Crippen LogP contribution < -0.4 is 0 Å². The Hall–Kier alpha value is -2.82. The zero-order valence-corrected chi connectivity index (χ0v) is 18.0. The second-order valence-corrected chi connectivity index (χ2v) is 9.19. The van der Waals surface area contributed by atoms with Gasteiger partial charge in [-0.3, -0.25) is 9.69 Å². The van der Waals surface area contributed by atoms with Crippen molar-refractivity contribution in [3.63, 3.8) is 0 Å². The Labute approximate surface area is 178 Å². The van der Waals surface area contributed by atoms with E-state index in [0.717, 1.165) is 18.4 Å². The topological polar surface area (TPSA) is 49.9 Å². The highest BCUT2D eigenvalue weighted by Gasteiger charge is 2.45. The van der Waals surface area contributed by atoms with Gasteiger partial charge in [-0.25, -0.2) is 4.79 Å². The minimum absolute atomic E-state index is 0.0220. The van der Waals surface area contributed by atoms with Crippen LogP contribution in [0.4, 0.5) is 4.79 Å². The van der Waals surface area contributed by atoms with Crippen molar-refractivity contribution in [1.29, 1.82) is 0 Å². The summed E-state index contributed by atoms with van der Waals surface area (Å²) < 4.78 is 5.71. The number of rotatable bonds is 2. The second kappa shape index (κ2) is 8.13. The maximum absolute atomic E-state index is 13.5. The molecule has 5 nitrogen and oxygen atoms in total. The van der Waals surface area contributed by atoms with Gasteiger partial charge in [-0.1, -0.05) is 54.6 Å². The fraction of sp³-hybridized carbons (Fsp3) is 0.440. The average molecular weight is 407 g/mol. The van der Waals surface area contributed by atoms with Gasteiger partial charge in [-0.05, 0) is 56.7 Å². The van der Waals surface area contributed by atoms with Crippen LogP contribution in [0, 0.1) is 0 Å². The highest BCUT2D eigenvalue weighted by Crippen LogP contribution is 2.38. The maximum Gasteiger partial charge on any atom is 0.411 e. The molecule has 0 saturated carbocycles. The van der Waals surface area contributed by atoms with Crippen LogP contribution in [0.15, 0.2) is 54.6 Å². The van der Waals surface area contributed by atoms with Gasteiger partial charge in [0, 0.05) is 13.1 Å². The predicted octanol–water partition coefficient (Wildman–Crippen LogP) is 4.71. The molecule has 2 aliphatic heterocycles. The molecule has 30 heavy (non-hydrogen) atoms. The first-order valence-electron chi connectivity index (χ1n) is 10.8. The van der Waals surface area contributed by atoms with Gasteiger partial charge in [0.25, 0.3) is 0 Å². The molecule has 2 aromatic carbocycles. The average Bonchev–Trinajstić information content (AvgIpc) is 3.17. The number of fused-ring (bicyclic) bond motifs is 1. The van der Waals surface area contributed by atoms with Gasteiger partial charge in [0.05, 0.1) is 6.04 Å². The lowest BCUT2D eigenvalue weighted by Gasteiger charge is -2.36. The SMILES string of the molecule is CC(C)(C)OC(=O)N1[C@@H](C(=O)N2CCc3ccccc3C2)CC[C@H]1c1ccccc1. The van der Waals surface area contributed by atoms with Gasteiger partial charge in [-0.2, -0.15) is 0 Å². The summed E-state index contributed by atoms with van der Waals surface area (Å²) in [6.45, 7) is 6.86. The number of likely N-dealkylation sites (tertiary alicyclic amines) is 1. The fourth-order valence-corrected chi connectivity index (χ4v) is 4.52. The zero-order chi connectivity index (χ0) is 21.3. The molecule has 5 heteroatoms. The van der Waals surface area contributed by atoms with Crippen LogP contribution in [0.25, 0.3) is 0 Å². The summed E-state index contributed by atoms with van der Waals surface area (Å²) in [6.07, 6.45) is 1.84. The van der Waals surface area contributed by atoms with E-state index in [0.29, 0.717) is 19.5 Å². The number of nitrogens with zero attached hydrogens (tertiary/aromatic N) is 2. The zero-order valence-electron chi connectivity index (χ0n) is 18.0. The van der Waals surface area contributed by atoms with Crippen LogP contribution in [-0.2, 0) is 22.5 Å². The van der Waals surface area contributed by atoms with Crippen LogP contribution in [0.2, 0.25) is 0 Å². The molecule has 158 valence electrons. The highest BCUT2D eigenvalue weighted by atomic mass is 16.6. The molecule has 2 amide bonds. The van der Waals surface area contributed by atoms with E-state index in [-0.39, 0.29) is 11.9 Å². The minimum atomic E-state index is -0.613. The maximum atomic E-state index is 13.5. The van der Waals surface area contributed by atoms with Crippen molar-refractivity contribution in [3.8, 4) is 0 Å². The van der Waals surface area contributed by atoms with E-state index < -0.39 is 17.7 Å². The van der Waals surface area contributed by atoms with Crippen molar-refractivity contribution in [2.45, 2.75) is 64.3 Å². The number of carbonyl (C=O) groups is 2. The van der Waals surface area contributed by atoms with E-state index in [1.54, 1.807) is 4.90 Å². The van der Waals surface area contributed by atoms with Crippen LogP contribution in [-0.4, -0.2) is 40.0 Å². The lowest BCUT2D eigenvalue weighted by molar-refractivity contribution is -0.137. The normalized spacial score (nSPS) is 21.3. The van der Waals surface area contributed by atoms with Gasteiger partial charge in [-0.15, -0.1) is 0 Å². The van der Waals surface area contributed by atoms with Crippen LogP contribution in [0.5, 0.6) is 0 Å². The molecule has 0 spiro atoms.